The van der Waals surface area contributed by atoms with Crippen molar-refractivity contribution in [3.63, 3.8) is 0 Å². The monoisotopic (exact) mass is 280 g/mol. The van der Waals surface area contributed by atoms with Crippen LogP contribution in [-0.4, -0.2) is 5.71 Å². The molecule has 0 heterocycles. The molecule has 1 N–H and O–H groups in total. The Morgan fingerprint density at radius 3 is 2.62 bits per heavy atom. The maximum Gasteiger partial charge on any atom is 0.237 e. The third-order valence-electron chi connectivity index (χ3n) is 1.84. The molecule has 0 aliphatic rings. The van der Waals surface area contributed by atoms with Gasteiger partial charge in [-0.3, -0.25) is 5.43 Å². The number of hydrogen-bond acceptors (Lipinski definition) is 4. The van der Waals surface area contributed by atoms with Crippen LogP contribution in [0.5, 0.6) is 0 Å². The van der Waals surface area contributed by atoms with Gasteiger partial charge in [0, 0.05) is 0 Å². The van der Waals surface area contributed by atoms with Crippen LogP contribution in [0, 0.1) is 35.4 Å². The van der Waals surface area contributed by atoms with E-state index in [0.717, 1.165) is 0 Å². The van der Waals surface area contributed by atoms with E-state index in [2.05, 4.69) is 26.5 Å². The second-order valence-electron chi connectivity index (χ2n) is 2.83. The van der Waals surface area contributed by atoms with Crippen LogP contribution in [0.3, 0.4) is 0 Å². The van der Waals surface area contributed by atoms with Gasteiger partial charge < -0.3 is 0 Å². The van der Waals surface area contributed by atoms with Gasteiger partial charge in [0.05, 0.1) is 10.2 Å². The highest BCUT2D eigenvalue weighted by Gasteiger charge is 2.06. The van der Waals surface area contributed by atoms with Crippen molar-refractivity contribution in [2.24, 2.45) is 5.10 Å². The number of nitrogens with zero attached hydrogens (tertiary/aromatic N) is 3. The Labute approximate surface area is 100 Å². The number of benzene rings is 1. The number of hydrogen-bond donors (Lipinski definition) is 1. The average Bonchev–Trinajstić information content (AvgIpc) is 2.30. The molecule has 0 amide bonds. The van der Waals surface area contributed by atoms with Gasteiger partial charge in [-0.15, -0.1) is 0 Å². The zero-order valence-corrected chi connectivity index (χ0v) is 9.84. The summed E-state index contributed by atoms with van der Waals surface area (Å²) in [5.74, 6) is -0.382. The van der Waals surface area contributed by atoms with E-state index in [0.29, 0.717) is 15.7 Å². The fourth-order valence-corrected chi connectivity index (χ4v) is 1.31. The minimum atomic E-state index is -0.382. The van der Waals surface area contributed by atoms with Gasteiger partial charge in [0.25, 0.3) is 0 Å². The largest absolute Gasteiger partial charge is 0.276 e. The molecule has 0 bridgehead atoms. The second kappa shape index (κ2) is 5.24. The SMILES string of the molecule is Cc1c(NN=C(C#N)C#N)ccc(F)c1Br. The number of anilines is 1. The normalized spacial score (nSPS) is 8.81. The lowest BCUT2D eigenvalue weighted by molar-refractivity contribution is 0.620. The van der Waals surface area contributed by atoms with Crippen molar-refractivity contribution in [3.05, 3.63) is 28.0 Å². The van der Waals surface area contributed by atoms with Crippen LogP contribution in [0.4, 0.5) is 10.1 Å². The Morgan fingerprint density at radius 2 is 2.06 bits per heavy atom. The number of nitrogens with one attached hydrogen (secondary N) is 1. The predicted octanol–water partition coefficient (Wildman–Crippen LogP) is 2.71. The van der Waals surface area contributed by atoms with Gasteiger partial charge in [0.15, 0.2) is 0 Å². The highest BCUT2D eigenvalue weighted by atomic mass is 79.9. The molecule has 4 nitrogen and oxygen atoms in total. The molecule has 6 heteroatoms. The lowest BCUT2D eigenvalue weighted by atomic mass is 10.2. The molecule has 0 unspecified atom stereocenters. The van der Waals surface area contributed by atoms with Crippen molar-refractivity contribution in [1.82, 2.24) is 0 Å². The maximum atomic E-state index is 13.1. The molecule has 1 rings (SSSR count). The third kappa shape index (κ3) is 2.56. The van der Waals surface area contributed by atoms with Crippen molar-refractivity contribution in [2.45, 2.75) is 6.92 Å². The Bertz CT molecular complexity index is 509. The van der Waals surface area contributed by atoms with E-state index in [9.17, 15) is 4.39 Å². The lowest BCUT2D eigenvalue weighted by Crippen LogP contribution is -1.99. The topological polar surface area (TPSA) is 72.0 Å². The van der Waals surface area contributed by atoms with Crippen LogP contribution < -0.4 is 5.43 Å². The van der Waals surface area contributed by atoms with Crippen molar-refractivity contribution in [2.75, 3.05) is 5.43 Å². The number of rotatable bonds is 2. The van der Waals surface area contributed by atoms with Crippen molar-refractivity contribution in [3.8, 4) is 12.1 Å². The second-order valence-corrected chi connectivity index (χ2v) is 3.62. The molecule has 1 aromatic rings. The van der Waals surface area contributed by atoms with E-state index in [1.165, 1.54) is 12.1 Å². The summed E-state index contributed by atoms with van der Waals surface area (Å²) in [6.07, 6.45) is 0. The molecule has 16 heavy (non-hydrogen) atoms. The van der Waals surface area contributed by atoms with E-state index < -0.39 is 0 Å². The molecular weight excluding hydrogens is 275 g/mol. The summed E-state index contributed by atoms with van der Waals surface area (Å²) in [6, 6.07) is 5.95. The molecule has 1 aromatic carbocycles. The van der Waals surface area contributed by atoms with Gasteiger partial charge in [-0.2, -0.15) is 15.6 Å². The van der Waals surface area contributed by atoms with E-state index in [1.807, 2.05) is 0 Å². The summed E-state index contributed by atoms with van der Waals surface area (Å²) in [6.45, 7) is 1.68. The predicted molar refractivity (Wildman–Crippen MR) is 61.1 cm³/mol. The number of halogens is 2. The van der Waals surface area contributed by atoms with Gasteiger partial charge in [0.1, 0.15) is 18.0 Å². The third-order valence-corrected chi connectivity index (χ3v) is 2.81. The van der Waals surface area contributed by atoms with Crippen LogP contribution in [0.1, 0.15) is 5.56 Å². The maximum absolute atomic E-state index is 13.1. The van der Waals surface area contributed by atoms with Crippen LogP contribution in [-0.2, 0) is 0 Å². The molecule has 0 fully saturated rings. The summed E-state index contributed by atoms with van der Waals surface area (Å²) in [7, 11) is 0. The van der Waals surface area contributed by atoms with Gasteiger partial charge in [0.2, 0.25) is 5.71 Å². The van der Waals surface area contributed by atoms with E-state index in [-0.39, 0.29) is 11.5 Å². The van der Waals surface area contributed by atoms with E-state index >= 15 is 0 Å². The highest BCUT2D eigenvalue weighted by Crippen LogP contribution is 2.26. The highest BCUT2D eigenvalue weighted by molar-refractivity contribution is 9.10. The summed E-state index contributed by atoms with van der Waals surface area (Å²) < 4.78 is 13.4. The molecule has 0 saturated carbocycles. The Morgan fingerprint density at radius 1 is 1.44 bits per heavy atom. The molecule has 0 atom stereocenters. The van der Waals surface area contributed by atoms with Crippen molar-refractivity contribution in [1.29, 1.82) is 10.5 Å². The van der Waals surface area contributed by atoms with Crippen LogP contribution in [0.2, 0.25) is 0 Å². The molecule has 0 saturated heterocycles. The van der Waals surface area contributed by atoms with Crippen molar-refractivity contribution >= 4 is 27.3 Å². The summed E-state index contributed by atoms with van der Waals surface area (Å²) in [5.41, 5.74) is 3.37. The van der Waals surface area contributed by atoms with Gasteiger partial charge in [-0.05, 0) is 40.5 Å². The Kier molecular flexibility index (Phi) is 3.98. The quantitative estimate of drug-likeness (QED) is 0.669. The zero-order chi connectivity index (χ0) is 12.1. The number of hydrazone groups is 1. The first kappa shape index (κ1) is 12.2. The molecule has 0 spiro atoms. The summed E-state index contributed by atoms with van der Waals surface area (Å²) >= 11 is 3.08. The lowest BCUT2D eigenvalue weighted by Gasteiger charge is -2.06. The number of nitriles is 2. The molecule has 0 aromatic heterocycles. The van der Waals surface area contributed by atoms with Crippen LogP contribution in [0.15, 0.2) is 21.7 Å². The standard InChI is InChI=1S/C10H6BrFN4/c1-6-9(3-2-8(12)10(6)11)16-15-7(4-13)5-14/h2-3,16H,1H3. The smallest absolute Gasteiger partial charge is 0.237 e. The van der Waals surface area contributed by atoms with Gasteiger partial charge >= 0.3 is 0 Å². The average molecular weight is 281 g/mol. The Balaban J connectivity index is 3.02. The zero-order valence-electron chi connectivity index (χ0n) is 8.25. The van der Waals surface area contributed by atoms with Crippen LogP contribution in [0.25, 0.3) is 0 Å². The van der Waals surface area contributed by atoms with Crippen molar-refractivity contribution < 1.29 is 4.39 Å². The molecule has 80 valence electrons. The first-order chi connectivity index (χ1) is 7.60. The van der Waals surface area contributed by atoms with Gasteiger partial charge in [-0.25, -0.2) is 4.39 Å². The summed E-state index contributed by atoms with van der Waals surface area (Å²) in [4.78, 5) is 0. The van der Waals surface area contributed by atoms with E-state index in [4.69, 9.17) is 10.5 Å². The summed E-state index contributed by atoms with van der Waals surface area (Å²) in [5, 5.41) is 20.5. The molecule has 0 aliphatic carbocycles. The minimum absolute atomic E-state index is 0.292. The fraction of sp³-hybridized carbons (Fsp3) is 0.100. The van der Waals surface area contributed by atoms with E-state index in [1.54, 1.807) is 19.1 Å². The molecule has 0 radical (unpaired) electrons. The minimum Gasteiger partial charge on any atom is -0.276 e. The first-order valence-corrected chi connectivity index (χ1v) is 4.98. The first-order valence-electron chi connectivity index (χ1n) is 4.18. The Hall–Kier alpha value is -1.92. The fourth-order valence-electron chi connectivity index (χ4n) is 0.964. The van der Waals surface area contributed by atoms with Gasteiger partial charge in [-0.1, -0.05) is 0 Å². The van der Waals surface area contributed by atoms with Crippen LogP contribution >= 0.6 is 15.9 Å². The molecule has 0 aliphatic heterocycles. The molecular formula is C10H6BrFN4.